The lowest BCUT2D eigenvalue weighted by molar-refractivity contribution is 0.0695. The van der Waals surface area contributed by atoms with E-state index in [9.17, 15) is 9.59 Å². The first-order valence-electron chi connectivity index (χ1n) is 6.31. The molecule has 110 valence electrons. The molecule has 0 bridgehead atoms. The van der Waals surface area contributed by atoms with Crippen LogP contribution in [0.2, 0.25) is 0 Å². The first kappa shape index (κ1) is 15.1. The summed E-state index contributed by atoms with van der Waals surface area (Å²) >= 11 is 1.38. The molecule has 0 unspecified atom stereocenters. The highest BCUT2D eigenvalue weighted by Crippen LogP contribution is 2.17. The highest BCUT2D eigenvalue weighted by atomic mass is 32.1. The van der Waals surface area contributed by atoms with Crippen molar-refractivity contribution in [2.24, 2.45) is 5.73 Å². The van der Waals surface area contributed by atoms with Gasteiger partial charge >= 0.3 is 5.97 Å². The fourth-order valence-electron chi connectivity index (χ4n) is 1.78. The van der Waals surface area contributed by atoms with E-state index in [-0.39, 0.29) is 11.5 Å². The van der Waals surface area contributed by atoms with E-state index in [0.717, 1.165) is 5.01 Å². The Kier molecular flexibility index (Phi) is 4.66. The average molecular weight is 305 g/mol. The Morgan fingerprint density at radius 2 is 2.19 bits per heavy atom. The minimum absolute atomic E-state index is 0.162. The zero-order valence-electron chi connectivity index (χ0n) is 11.4. The van der Waals surface area contributed by atoms with Crippen molar-refractivity contribution in [1.82, 2.24) is 4.98 Å². The Balaban J connectivity index is 2.15. The van der Waals surface area contributed by atoms with Crippen LogP contribution in [0.5, 0.6) is 0 Å². The lowest BCUT2D eigenvalue weighted by atomic mass is 10.1. The van der Waals surface area contributed by atoms with E-state index >= 15 is 0 Å². The molecule has 1 heterocycles. The topological polar surface area (TPSA) is 105 Å². The van der Waals surface area contributed by atoms with Gasteiger partial charge < -0.3 is 16.2 Å². The predicted molar refractivity (Wildman–Crippen MR) is 81.0 cm³/mol. The van der Waals surface area contributed by atoms with Crippen molar-refractivity contribution >= 4 is 28.9 Å². The number of carbonyl (C=O) groups is 2. The van der Waals surface area contributed by atoms with Crippen LogP contribution in [0.4, 0.5) is 5.69 Å². The molecular formula is C14H15N3O3S. The number of benzene rings is 1. The Morgan fingerprint density at radius 3 is 2.86 bits per heavy atom. The number of nitrogens with zero attached hydrogens (tertiary/aromatic N) is 1. The Bertz CT molecular complexity index is 682. The van der Waals surface area contributed by atoms with Gasteiger partial charge in [-0.25, -0.2) is 9.78 Å². The quantitative estimate of drug-likeness (QED) is 0.782. The molecular weight excluding hydrogens is 290 g/mol. The molecule has 0 aliphatic rings. The summed E-state index contributed by atoms with van der Waals surface area (Å²) in [6.07, 6.45) is 0.631. The molecule has 0 saturated carbocycles. The van der Waals surface area contributed by atoms with E-state index < -0.39 is 5.97 Å². The van der Waals surface area contributed by atoms with Crippen LogP contribution in [0.15, 0.2) is 23.6 Å². The van der Waals surface area contributed by atoms with Crippen LogP contribution >= 0.6 is 11.3 Å². The van der Waals surface area contributed by atoms with Crippen molar-refractivity contribution in [3.63, 3.8) is 0 Å². The number of aryl methyl sites for hydroxylation is 1. The minimum Gasteiger partial charge on any atom is -0.478 e. The molecule has 7 heteroatoms. The van der Waals surface area contributed by atoms with E-state index in [1.54, 1.807) is 24.4 Å². The Labute approximate surface area is 125 Å². The maximum atomic E-state index is 12.1. The lowest BCUT2D eigenvalue weighted by Crippen LogP contribution is -2.13. The van der Waals surface area contributed by atoms with Crippen LogP contribution in [0.3, 0.4) is 0 Å². The van der Waals surface area contributed by atoms with Crippen LogP contribution in [0, 0.1) is 6.92 Å². The summed E-state index contributed by atoms with van der Waals surface area (Å²) < 4.78 is 0. The van der Waals surface area contributed by atoms with Gasteiger partial charge in [0.05, 0.1) is 10.6 Å². The summed E-state index contributed by atoms with van der Waals surface area (Å²) in [5.41, 5.74) is 6.97. The fourth-order valence-corrected chi connectivity index (χ4v) is 2.57. The van der Waals surface area contributed by atoms with Gasteiger partial charge in [-0.2, -0.15) is 0 Å². The van der Waals surface area contributed by atoms with Crippen molar-refractivity contribution in [3.8, 4) is 0 Å². The maximum absolute atomic E-state index is 12.1. The molecule has 0 atom stereocenters. The maximum Gasteiger partial charge on any atom is 0.336 e. The van der Waals surface area contributed by atoms with Crippen LogP contribution in [0.1, 0.15) is 31.4 Å². The minimum atomic E-state index is -1.03. The second-order valence-corrected chi connectivity index (χ2v) is 5.40. The smallest absolute Gasteiger partial charge is 0.336 e. The predicted octanol–water partition coefficient (Wildman–Crippen LogP) is 1.90. The first-order chi connectivity index (χ1) is 10.0. The Morgan fingerprint density at radius 1 is 1.43 bits per heavy atom. The molecule has 0 radical (unpaired) electrons. The second kappa shape index (κ2) is 6.47. The number of hydrogen-bond donors (Lipinski definition) is 3. The fraction of sp³-hybridized carbons (Fsp3) is 0.214. The summed E-state index contributed by atoms with van der Waals surface area (Å²) in [7, 11) is 0. The van der Waals surface area contributed by atoms with E-state index in [2.05, 4.69) is 10.3 Å². The summed E-state index contributed by atoms with van der Waals surface area (Å²) in [6.45, 7) is 2.18. The number of hydrogen-bond acceptors (Lipinski definition) is 5. The molecule has 21 heavy (non-hydrogen) atoms. The van der Waals surface area contributed by atoms with Gasteiger partial charge in [0.1, 0.15) is 5.69 Å². The van der Waals surface area contributed by atoms with Crippen LogP contribution in [-0.2, 0) is 6.42 Å². The molecule has 4 N–H and O–H groups in total. The number of carboxylic acids is 1. The highest BCUT2D eigenvalue weighted by Gasteiger charge is 2.13. The SMILES string of the molecule is Cc1ccc(NC(=O)c2csc(CCN)n2)cc1C(=O)O. The number of nitrogens with two attached hydrogens (primary N) is 1. The van der Waals surface area contributed by atoms with E-state index in [1.807, 2.05) is 0 Å². The molecule has 2 rings (SSSR count). The zero-order valence-corrected chi connectivity index (χ0v) is 12.2. The van der Waals surface area contributed by atoms with Gasteiger partial charge in [0, 0.05) is 17.5 Å². The van der Waals surface area contributed by atoms with Gasteiger partial charge in [0.25, 0.3) is 5.91 Å². The van der Waals surface area contributed by atoms with Crippen molar-refractivity contribution in [2.75, 3.05) is 11.9 Å². The molecule has 1 aromatic heterocycles. The normalized spacial score (nSPS) is 10.4. The van der Waals surface area contributed by atoms with Crippen LogP contribution in [-0.4, -0.2) is 28.5 Å². The molecule has 0 fully saturated rings. The van der Waals surface area contributed by atoms with Gasteiger partial charge in [0.2, 0.25) is 0 Å². The third-order valence-corrected chi connectivity index (χ3v) is 3.78. The molecule has 2 aromatic rings. The number of carbonyl (C=O) groups excluding carboxylic acids is 1. The number of thiazole rings is 1. The standard InChI is InChI=1S/C14H15N3O3S/c1-8-2-3-9(6-10(8)14(19)20)16-13(18)11-7-21-12(17-11)4-5-15/h2-3,6-7H,4-5,15H2,1H3,(H,16,18)(H,19,20). The molecule has 6 nitrogen and oxygen atoms in total. The van der Waals surface area contributed by atoms with Gasteiger partial charge in [-0.05, 0) is 31.2 Å². The second-order valence-electron chi connectivity index (χ2n) is 4.45. The number of carboxylic acid groups (broad SMARTS) is 1. The molecule has 1 amide bonds. The summed E-state index contributed by atoms with van der Waals surface area (Å²) in [5, 5.41) is 14.2. The number of anilines is 1. The van der Waals surface area contributed by atoms with Crippen molar-refractivity contribution in [2.45, 2.75) is 13.3 Å². The van der Waals surface area contributed by atoms with Crippen molar-refractivity contribution in [1.29, 1.82) is 0 Å². The number of amides is 1. The van der Waals surface area contributed by atoms with Crippen LogP contribution < -0.4 is 11.1 Å². The molecule has 0 aliphatic carbocycles. The summed E-state index contributed by atoms with van der Waals surface area (Å²) in [6, 6.07) is 4.75. The van der Waals surface area contributed by atoms with Crippen LogP contribution in [0.25, 0.3) is 0 Å². The third kappa shape index (κ3) is 3.65. The van der Waals surface area contributed by atoms with Crippen molar-refractivity contribution in [3.05, 3.63) is 45.4 Å². The van der Waals surface area contributed by atoms with Gasteiger partial charge in [-0.1, -0.05) is 6.07 Å². The van der Waals surface area contributed by atoms with Gasteiger partial charge in [-0.3, -0.25) is 4.79 Å². The average Bonchev–Trinajstić information content (AvgIpc) is 2.90. The van der Waals surface area contributed by atoms with E-state index in [4.69, 9.17) is 10.8 Å². The van der Waals surface area contributed by atoms with Crippen molar-refractivity contribution < 1.29 is 14.7 Å². The number of aromatic nitrogens is 1. The number of aromatic carboxylic acids is 1. The van der Waals surface area contributed by atoms with Gasteiger partial charge in [0.15, 0.2) is 0 Å². The largest absolute Gasteiger partial charge is 0.478 e. The molecule has 0 spiro atoms. The first-order valence-corrected chi connectivity index (χ1v) is 7.19. The van der Waals surface area contributed by atoms with Gasteiger partial charge in [-0.15, -0.1) is 11.3 Å². The Hall–Kier alpha value is -2.25. The van der Waals surface area contributed by atoms with E-state index in [0.29, 0.717) is 29.9 Å². The highest BCUT2D eigenvalue weighted by molar-refractivity contribution is 7.09. The monoisotopic (exact) mass is 305 g/mol. The molecule has 0 saturated heterocycles. The number of nitrogens with one attached hydrogen (secondary N) is 1. The lowest BCUT2D eigenvalue weighted by Gasteiger charge is -2.06. The third-order valence-electron chi connectivity index (χ3n) is 2.87. The summed E-state index contributed by atoms with van der Waals surface area (Å²) in [4.78, 5) is 27.3. The molecule has 0 aliphatic heterocycles. The number of rotatable bonds is 5. The van der Waals surface area contributed by atoms with E-state index in [1.165, 1.54) is 17.4 Å². The summed E-state index contributed by atoms with van der Waals surface area (Å²) in [5.74, 6) is -1.39. The zero-order chi connectivity index (χ0) is 15.4. The molecule has 1 aromatic carbocycles.